The molecule has 0 aromatic rings. The van der Waals surface area contributed by atoms with E-state index in [9.17, 15) is 14.4 Å². The largest absolute Gasteiger partial charge is 0.459 e. The topological polar surface area (TPSA) is 78.9 Å². The predicted molar refractivity (Wildman–Crippen MR) is 104 cm³/mol. The maximum atomic E-state index is 13.5. The Morgan fingerprint density at radius 2 is 1.73 bits per heavy atom. The first-order valence-electron chi connectivity index (χ1n) is 11.8. The molecule has 0 N–H and O–H groups in total. The summed E-state index contributed by atoms with van der Waals surface area (Å²) in [4.78, 5) is 38.3. The zero-order chi connectivity index (χ0) is 20.8. The molecule has 30 heavy (non-hydrogen) atoms. The minimum Gasteiger partial charge on any atom is -0.459 e. The minimum absolute atomic E-state index is 0.0380. The van der Waals surface area contributed by atoms with Crippen molar-refractivity contribution in [3.8, 4) is 0 Å². The second-order valence-corrected chi connectivity index (χ2v) is 11.0. The second kappa shape index (κ2) is 6.46. The molecule has 1 heterocycles. The molecule has 0 amide bonds. The standard InChI is InChI=1S/C24H31O6/c1-3-4-17(25)28-20-16-10-15-18(22(26)29-21(15)20)19(16)23(27)30-24(2)13-6-11-5-12(8-13)9-14(24)7-11/h11-16,18-21H,1,3-10H2,2H3. The zero-order valence-electron chi connectivity index (χ0n) is 17.6. The van der Waals surface area contributed by atoms with E-state index in [0.717, 1.165) is 37.5 Å². The number of hydrogen-bond donors (Lipinski definition) is 0. The van der Waals surface area contributed by atoms with Crippen molar-refractivity contribution in [2.75, 3.05) is 0 Å². The molecule has 1 aliphatic heterocycles. The molecule has 7 aliphatic rings. The summed E-state index contributed by atoms with van der Waals surface area (Å²) >= 11 is 0. The SMILES string of the molecule is [CH2]CCC(=O)OC1C2CC3C1OC(=O)C3C2C(=O)OC1(C)C2CC3CC(C2)CC1C3. The zero-order valence-corrected chi connectivity index (χ0v) is 17.6. The van der Waals surface area contributed by atoms with Gasteiger partial charge in [-0.3, -0.25) is 14.4 Å². The van der Waals surface area contributed by atoms with Gasteiger partial charge in [0.2, 0.25) is 0 Å². The summed E-state index contributed by atoms with van der Waals surface area (Å²) in [5.41, 5.74) is -0.422. The fraction of sp³-hybridized carbons (Fsp3) is 0.833. The normalized spacial score (nSPS) is 51.9. The van der Waals surface area contributed by atoms with Crippen LogP contribution in [0.5, 0.6) is 0 Å². The van der Waals surface area contributed by atoms with Crippen molar-refractivity contribution in [3.63, 3.8) is 0 Å². The molecule has 1 saturated heterocycles. The van der Waals surface area contributed by atoms with Crippen LogP contribution in [0.25, 0.3) is 0 Å². The van der Waals surface area contributed by atoms with Crippen molar-refractivity contribution in [1.29, 1.82) is 0 Å². The van der Waals surface area contributed by atoms with E-state index in [2.05, 4.69) is 13.8 Å². The summed E-state index contributed by atoms with van der Waals surface area (Å²) in [5, 5.41) is 0. The predicted octanol–water partition coefficient (Wildman–Crippen LogP) is 3.08. The van der Waals surface area contributed by atoms with Crippen LogP contribution in [0.3, 0.4) is 0 Å². The highest BCUT2D eigenvalue weighted by Gasteiger charge is 2.71. The monoisotopic (exact) mass is 415 g/mol. The maximum absolute atomic E-state index is 13.5. The first kappa shape index (κ1) is 19.1. The summed E-state index contributed by atoms with van der Waals surface area (Å²) in [5.74, 6) is 0.343. The van der Waals surface area contributed by atoms with Crippen LogP contribution in [-0.2, 0) is 28.6 Å². The van der Waals surface area contributed by atoms with Crippen LogP contribution < -0.4 is 0 Å². The number of carbonyl (C=O) groups is 3. The Morgan fingerprint density at radius 3 is 2.37 bits per heavy atom. The van der Waals surface area contributed by atoms with Crippen molar-refractivity contribution in [2.24, 2.45) is 47.3 Å². The number of esters is 3. The summed E-state index contributed by atoms with van der Waals surface area (Å²) in [6.45, 7) is 5.83. The third kappa shape index (κ3) is 2.51. The van der Waals surface area contributed by atoms with Gasteiger partial charge in [0, 0.05) is 18.3 Å². The van der Waals surface area contributed by atoms with Gasteiger partial charge >= 0.3 is 17.9 Å². The molecule has 0 spiro atoms. The molecular formula is C24H31O6. The van der Waals surface area contributed by atoms with E-state index in [1.165, 1.54) is 6.42 Å². The lowest BCUT2D eigenvalue weighted by molar-refractivity contribution is -0.211. The average Bonchev–Trinajstić information content (AvgIpc) is 3.29. The van der Waals surface area contributed by atoms with Crippen LogP contribution in [0.4, 0.5) is 0 Å². The Hall–Kier alpha value is -1.59. The lowest BCUT2D eigenvalue weighted by Crippen LogP contribution is -2.59. The maximum Gasteiger partial charge on any atom is 0.310 e. The van der Waals surface area contributed by atoms with Crippen LogP contribution >= 0.6 is 0 Å². The molecule has 6 heteroatoms. The first-order chi connectivity index (χ1) is 14.4. The van der Waals surface area contributed by atoms with Crippen LogP contribution in [0.2, 0.25) is 0 Å². The molecule has 1 radical (unpaired) electrons. The molecule has 0 aromatic carbocycles. The van der Waals surface area contributed by atoms with Gasteiger partial charge in [-0.25, -0.2) is 0 Å². The molecule has 7 rings (SSSR count). The molecular weight excluding hydrogens is 384 g/mol. The molecule has 6 atom stereocenters. The Labute approximate surface area is 177 Å². The van der Waals surface area contributed by atoms with Crippen molar-refractivity contribution in [2.45, 2.75) is 76.1 Å². The molecule has 6 saturated carbocycles. The number of fused-ring (bicyclic) bond motifs is 1. The molecule has 6 nitrogen and oxygen atoms in total. The number of ether oxygens (including phenoxy) is 3. The highest BCUT2D eigenvalue weighted by molar-refractivity contribution is 5.86. The van der Waals surface area contributed by atoms with Crippen LogP contribution in [0, 0.1) is 54.3 Å². The first-order valence-corrected chi connectivity index (χ1v) is 11.8. The quantitative estimate of drug-likeness (QED) is 0.507. The highest BCUT2D eigenvalue weighted by Crippen LogP contribution is 2.62. The van der Waals surface area contributed by atoms with E-state index in [1.54, 1.807) is 0 Å². The van der Waals surface area contributed by atoms with Crippen LogP contribution in [0.1, 0.15) is 58.3 Å². The lowest BCUT2D eigenvalue weighted by Gasteiger charge is -2.59. The third-order valence-corrected chi connectivity index (χ3v) is 9.55. The summed E-state index contributed by atoms with van der Waals surface area (Å²) < 4.78 is 17.6. The van der Waals surface area contributed by atoms with Gasteiger partial charge in [0.15, 0.2) is 0 Å². The third-order valence-electron chi connectivity index (χ3n) is 9.55. The smallest absolute Gasteiger partial charge is 0.310 e. The lowest BCUT2D eigenvalue weighted by atomic mass is 9.50. The van der Waals surface area contributed by atoms with Crippen LogP contribution in [-0.4, -0.2) is 35.7 Å². The fourth-order valence-corrected chi connectivity index (χ4v) is 8.40. The minimum atomic E-state index is -0.548. The van der Waals surface area contributed by atoms with Gasteiger partial charge in [0.1, 0.15) is 17.8 Å². The van der Waals surface area contributed by atoms with E-state index in [0.29, 0.717) is 24.7 Å². The van der Waals surface area contributed by atoms with Crippen molar-refractivity contribution >= 4 is 17.9 Å². The van der Waals surface area contributed by atoms with Gasteiger partial charge in [-0.2, -0.15) is 0 Å². The fourth-order valence-electron chi connectivity index (χ4n) is 8.40. The Morgan fingerprint density at radius 1 is 1.07 bits per heavy atom. The molecule has 6 aliphatic carbocycles. The van der Waals surface area contributed by atoms with Gasteiger partial charge in [-0.15, -0.1) is 0 Å². The van der Waals surface area contributed by atoms with Gasteiger partial charge in [-0.05, 0) is 75.5 Å². The highest BCUT2D eigenvalue weighted by atomic mass is 16.6. The molecule has 6 bridgehead atoms. The average molecular weight is 416 g/mol. The van der Waals surface area contributed by atoms with E-state index < -0.39 is 29.6 Å². The molecule has 6 unspecified atom stereocenters. The van der Waals surface area contributed by atoms with E-state index >= 15 is 0 Å². The Bertz CT molecular complexity index is 761. The molecule has 7 fully saturated rings. The van der Waals surface area contributed by atoms with E-state index in [1.807, 2.05) is 0 Å². The van der Waals surface area contributed by atoms with Crippen molar-refractivity contribution in [3.05, 3.63) is 6.92 Å². The Kier molecular flexibility index (Phi) is 4.12. The number of rotatable bonds is 5. The van der Waals surface area contributed by atoms with Gasteiger partial charge < -0.3 is 14.2 Å². The van der Waals surface area contributed by atoms with E-state index in [4.69, 9.17) is 14.2 Å². The molecule has 0 aromatic heterocycles. The van der Waals surface area contributed by atoms with Crippen molar-refractivity contribution in [1.82, 2.24) is 0 Å². The van der Waals surface area contributed by atoms with Crippen molar-refractivity contribution < 1.29 is 28.6 Å². The second-order valence-electron chi connectivity index (χ2n) is 11.0. The number of hydrogen-bond acceptors (Lipinski definition) is 6. The van der Waals surface area contributed by atoms with Gasteiger partial charge in [0.25, 0.3) is 0 Å². The number of carbonyl (C=O) groups excluding carboxylic acids is 3. The summed E-state index contributed by atoms with van der Waals surface area (Å²) in [7, 11) is 0. The molecule has 163 valence electrons. The van der Waals surface area contributed by atoms with Gasteiger partial charge in [-0.1, -0.05) is 6.92 Å². The Balaban J connectivity index is 1.23. The summed E-state index contributed by atoms with van der Waals surface area (Å²) in [6, 6.07) is 0. The van der Waals surface area contributed by atoms with Crippen LogP contribution in [0.15, 0.2) is 0 Å². The van der Waals surface area contributed by atoms with E-state index in [-0.39, 0.29) is 36.2 Å². The summed E-state index contributed by atoms with van der Waals surface area (Å²) in [6.07, 6.45) is 6.44. The van der Waals surface area contributed by atoms with Gasteiger partial charge in [0.05, 0.1) is 11.8 Å².